The molecule has 4 nitrogen and oxygen atoms in total. The Kier molecular flexibility index (Phi) is 7.21. The van der Waals surface area contributed by atoms with Crippen LogP contribution in [0, 0.1) is 0 Å². The van der Waals surface area contributed by atoms with E-state index < -0.39 is 0 Å². The topological polar surface area (TPSA) is 45.2 Å². The van der Waals surface area contributed by atoms with Gasteiger partial charge in [-0.3, -0.25) is 14.7 Å². The van der Waals surface area contributed by atoms with Crippen LogP contribution in [-0.2, 0) is 17.1 Å². The molecule has 1 N–H and O–H groups in total. The number of carbonyl (C=O) groups excluding carboxylic acids is 1. The van der Waals surface area contributed by atoms with Crippen LogP contribution >= 0.6 is 23.5 Å². The van der Waals surface area contributed by atoms with Gasteiger partial charge < -0.3 is 5.32 Å². The first kappa shape index (κ1) is 18.3. The van der Waals surface area contributed by atoms with Crippen molar-refractivity contribution in [1.29, 1.82) is 0 Å². The van der Waals surface area contributed by atoms with Gasteiger partial charge in [0.05, 0.1) is 11.4 Å². The Morgan fingerprint density at radius 1 is 1.20 bits per heavy atom. The molecule has 1 aromatic carbocycles. The van der Waals surface area contributed by atoms with Crippen molar-refractivity contribution in [3.8, 4) is 0 Å². The normalized spacial score (nSPS) is 15.0. The van der Waals surface area contributed by atoms with Crippen LogP contribution in [0.4, 0.5) is 5.69 Å². The van der Waals surface area contributed by atoms with Crippen LogP contribution in [0.1, 0.15) is 11.3 Å². The van der Waals surface area contributed by atoms with Crippen LogP contribution in [0.25, 0.3) is 0 Å². The standard InChI is InChI=1S/C19H23N3OS2/c23-19(15-25-14-18-5-1-2-7-20-18)21-17-6-3-4-16(12-17)13-22-8-10-24-11-9-22/h1-7,12H,8-11,13-15H2,(H,21,23). The number of aromatic nitrogens is 1. The largest absolute Gasteiger partial charge is 0.325 e. The van der Waals surface area contributed by atoms with E-state index >= 15 is 0 Å². The van der Waals surface area contributed by atoms with Crippen molar-refractivity contribution in [2.75, 3.05) is 35.7 Å². The van der Waals surface area contributed by atoms with Gasteiger partial charge in [-0.2, -0.15) is 11.8 Å². The number of carbonyl (C=O) groups is 1. The van der Waals surface area contributed by atoms with Crippen LogP contribution in [0.15, 0.2) is 48.7 Å². The highest BCUT2D eigenvalue weighted by Crippen LogP contribution is 2.17. The summed E-state index contributed by atoms with van der Waals surface area (Å²) in [6.45, 7) is 3.25. The van der Waals surface area contributed by atoms with Crippen molar-refractivity contribution >= 4 is 35.1 Å². The second kappa shape index (κ2) is 9.85. The molecule has 0 radical (unpaired) electrons. The third kappa shape index (κ3) is 6.38. The number of amides is 1. The molecule has 1 fully saturated rings. The number of nitrogens with one attached hydrogen (secondary N) is 1. The molecule has 0 bridgehead atoms. The smallest absolute Gasteiger partial charge is 0.234 e. The quantitative estimate of drug-likeness (QED) is 0.805. The minimum Gasteiger partial charge on any atom is -0.325 e. The second-order valence-electron chi connectivity index (χ2n) is 5.95. The molecule has 1 aliphatic heterocycles. The maximum absolute atomic E-state index is 12.1. The first-order valence-electron chi connectivity index (χ1n) is 8.46. The Morgan fingerprint density at radius 3 is 2.88 bits per heavy atom. The molecule has 1 aromatic heterocycles. The minimum absolute atomic E-state index is 0.0347. The average molecular weight is 374 g/mol. The number of hydrogen-bond donors (Lipinski definition) is 1. The molecule has 1 saturated heterocycles. The predicted octanol–water partition coefficient (Wildman–Crippen LogP) is 3.50. The lowest BCUT2D eigenvalue weighted by Crippen LogP contribution is -2.31. The molecule has 132 valence electrons. The van der Waals surface area contributed by atoms with Crippen LogP contribution in [-0.4, -0.2) is 46.1 Å². The third-order valence-electron chi connectivity index (χ3n) is 3.93. The Bertz CT molecular complexity index is 675. The molecule has 1 aliphatic rings. The van der Waals surface area contributed by atoms with Gasteiger partial charge in [0.25, 0.3) is 0 Å². The fourth-order valence-corrected chi connectivity index (χ4v) is 4.41. The van der Waals surface area contributed by atoms with E-state index in [9.17, 15) is 4.79 Å². The number of thioether (sulfide) groups is 2. The van der Waals surface area contributed by atoms with Crippen molar-refractivity contribution in [2.45, 2.75) is 12.3 Å². The van der Waals surface area contributed by atoms with E-state index in [1.807, 2.05) is 42.1 Å². The van der Waals surface area contributed by atoms with E-state index in [-0.39, 0.29) is 5.91 Å². The molecule has 2 aromatic rings. The van der Waals surface area contributed by atoms with E-state index in [1.165, 1.54) is 17.1 Å². The molecule has 2 heterocycles. The SMILES string of the molecule is O=C(CSCc1ccccn1)Nc1cccc(CN2CCSCC2)c1. The summed E-state index contributed by atoms with van der Waals surface area (Å²) in [7, 11) is 0. The average Bonchev–Trinajstić information content (AvgIpc) is 2.64. The summed E-state index contributed by atoms with van der Waals surface area (Å²) < 4.78 is 0. The summed E-state index contributed by atoms with van der Waals surface area (Å²) in [5, 5.41) is 3.00. The number of benzene rings is 1. The van der Waals surface area contributed by atoms with Crippen LogP contribution in [0.5, 0.6) is 0 Å². The van der Waals surface area contributed by atoms with Crippen molar-refractivity contribution in [3.63, 3.8) is 0 Å². The molecule has 1 amide bonds. The Labute approximate surface area is 157 Å². The zero-order valence-electron chi connectivity index (χ0n) is 14.2. The summed E-state index contributed by atoms with van der Waals surface area (Å²) >= 11 is 3.60. The van der Waals surface area contributed by atoms with Crippen LogP contribution in [0.2, 0.25) is 0 Å². The monoisotopic (exact) mass is 373 g/mol. The fraction of sp³-hybridized carbons (Fsp3) is 0.368. The van der Waals surface area contributed by atoms with Gasteiger partial charge in [0.15, 0.2) is 0 Å². The molecule has 0 spiro atoms. The Hall–Kier alpha value is -1.50. The molecular formula is C19H23N3OS2. The molecule has 0 unspecified atom stereocenters. The van der Waals surface area contributed by atoms with Crippen LogP contribution < -0.4 is 5.32 Å². The summed E-state index contributed by atoms with van der Waals surface area (Å²) in [5.74, 6) is 3.65. The first-order chi connectivity index (χ1) is 12.3. The molecule has 0 saturated carbocycles. The van der Waals surface area contributed by atoms with Gasteiger partial charge in [-0.15, -0.1) is 11.8 Å². The first-order valence-corrected chi connectivity index (χ1v) is 10.8. The molecule has 3 rings (SSSR count). The van der Waals surface area contributed by atoms with Gasteiger partial charge in [-0.1, -0.05) is 18.2 Å². The molecule has 6 heteroatoms. The maximum Gasteiger partial charge on any atom is 0.234 e. The summed E-state index contributed by atoms with van der Waals surface area (Å²) in [5.41, 5.74) is 3.14. The molecular weight excluding hydrogens is 350 g/mol. The lowest BCUT2D eigenvalue weighted by atomic mass is 10.2. The molecule has 0 atom stereocenters. The van der Waals surface area contributed by atoms with E-state index in [2.05, 4.69) is 27.3 Å². The van der Waals surface area contributed by atoms with E-state index in [0.29, 0.717) is 5.75 Å². The number of rotatable bonds is 7. The van der Waals surface area contributed by atoms with Crippen molar-refractivity contribution in [3.05, 3.63) is 59.9 Å². The predicted molar refractivity (Wildman–Crippen MR) is 108 cm³/mol. The van der Waals surface area contributed by atoms with Crippen LogP contribution in [0.3, 0.4) is 0 Å². The number of nitrogens with zero attached hydrogens (tertiary/aromatic N) is 2. The van der Waals surface area contributed by atoms with Gasteiger partial charge in [-0.25, -0.2) is 0 Å². The maximum atomic E-state index is 12.1. The number of pyridine rings is 1. The van der Waals surface area contributed by atoms with E-state index in [0.717, 1.165) is 36.8 Å². The van der Waals surface area contributed by atoms with Gasteiger partial charge in [0, 0.05) is 48.8 Å². The minimum atomic E-state index is 0.0347. The highest BCUT2D eigenvalue weighted by Gasteiger charge is 2.11. The van der Waals surface area contributed by atoms with E-state index in [4.69, 9.17) is 0 Å². The Morgan fingerprint density at radius 2 is 2.08 bits per heavy atom. The second-order valence-corrected chi connectivity index (χ2v) is 8.16. The molecule has 25 heavy (non-hydrogen) atoms. The molecule has 0 aliphatic carbocycles. The lowest BCUT2D eigenvalue weighted by Gasteiger charge is -2.26. The highest BCUT2D eigenvalue weighted by molar-refractivity contribution is 7.99. The lowest BCUT2D eigenvalue weighted by molar-refractivity contribution is -0.113. The summed E-state index contributed by atoms with van der Waals surface area (Å²) in [4.78, 5) is 18.9. The summed E-state index contributed by atoms with van der Waals surface area (Å²) in [6.07, 6.45) is 1.78. The third-order valence-corrected chi connectivity index (χ3v) is 5.84. The van der Waals surface area contributed by atoms with Gasteiger partial charge in [0.1, 0.15) is 0 Å². The van der Waals surface area contributed by atoms with E-state index in [1.54, 1.807) is 18.0 Å². The zero-order chi connectivity index (χ0) is 17.3. The fourth-order valence-electron chi connectivity index (χ4n) is 2.69. The summed E-state index contributed by atoms with van der Waals surface area (Å²) in [6, 6.07) is 14.0. The van der Waals surface area contributed by atoms with Gasteiger partial charge in [-0.05, 0) is 29.8 Å². The van der Waals surface area contributed by atoms with Gasteiger partial charge >= 0.3 is 0 Å². The number of anilines is 1. The van der Waals surface area contributed by atoms with Crippen molar-refractivity contribution in [2.24, 2.45) is 0 Å². The van der Waals surface area contributed by atoms with Crippen molar-refractivity contribution < 1.29 is 4.79 Å². The zero-order valence-corrected chi connectivity index (χ0v) is 15.8. The van der Waals surface area contributed by atoms with Gasteiger partial charge in [0.2, 0.25) is 5.91 Å². The highest BCUT2D eigenvalue weighted by atomic mass is 32.2. The number of hydrogen-bond acceptors (Lipinski definition) is 5. The van der Waals surface area contributed by atoms with Crippen molar-refractivity contribution in [1.82, 2.24) is 9.88 Å². The Balaban J connectivity index is 1.45.